The molecule has 2 aromatic carbocycles. The average molecular weight is 268 g/mol. The number of carbonyl (C=O) groups is 1. The maximum atomic E-state index is 12.8. The van der Waals surface area contributed by atoms with Crippen molar-refractivity contribution in [2.24, 2.45) is 0 Å². The van der Waals surface area contributed by atoms with Gasteiger partial charge in [-0.15, -0.1) is 0 Å². The van der Waals surface area contributed by atoms with Crippen molar-refractivity contribution in [2.75, 3.05) is 17.2 Å². The van der Waals surface area contributed by atoms with Gasteiger partial charge in [-0.25, -0.2) is 0 Å². The number of nitrogens with zero attached hydrogens (tertiary/aromatic N) is 1. The van der Waals surface area contributed by atoms with E-state index >= 15 is 0 Å². The lowest BCUT2D eigenvalue weighted by Crippen LogP contribution is -2.32. The van der Waals surface area contributed by atoms with Crippen LogP contribution < -0.4 is 10.6 Å². The summed E-state index contributed by atoms with van der Waals surface area (Å²) in [5.74, 6) is 0.00264. The molecule has 0 aliphatic carbocycles. The van der Waals surface area contributed by atoms with Crippen molar-refractivity contribution in [3.8, 4) is 0 Å². The molecule has 2 aromatic rings. The lowest BCUT2D eigenvalue weighted by Gasteiger charge is -2.24. The van der Waals surface area contributed by atoms with Gasteiger partial charge in [-0.1, -0.05) is 37.3 Å². The Hall–Kier alpha value is -2.29. The lowest BCUT2D eigenvalue weighted by molar-refractivity contribution is 0.0986. The predicted molar refractivity (Wildman–Crippen MR) is 84.0 cm³/mol. The Labute approximate surface area is 120 Å². The van der Waals surface area contributed by atoms with Crippen LogP contribution in [0.25, 0.3) is 0 Å². The molecule has 2 rings (SSSR count). The van der Waals surface area contributed by atoms with Crippen molar-refractivity contribution < 1.29 is 4.79 Å². The van der Waals surface area contributed by atoms with E-state index in [2.05, 4.69) is 6.92 Å². The zero-order valence-electron chi connectivity index (χ0n) is 12.0. The number of hydrogen-bond acceptors (Lipinski definition) is 2. The predicted octanol–water partition coefficient (Wildman–Crippen LogP) is 3.63. The molecule has 104 valence electrons. The second kappa shape index (κ2) is 6.24. The van der Waals surface area contributed by atoms with E-state index in [4.69, 9.17) is 5.73 Å². The molecule has 0 aromatic heterocycles. The van der Waals surface area contributed by atoms with Gasteiger partial charge < -0.3 is 10.6 Å². The van der Waals surface area contributed by atoms with Crippen molar-refractivity contribution in [3.05, 3.63) is 59.7 Å². The molecule has 0 unspecified atom stereocenters. The number of para-hydroxylation sites is 2. The van der Waals surface area contributed by atoms with Gasteiger partial charge in [0.2, 0.25) is 0 Å². The zero-order chi connectivity index (χ0) is 14.5. The monoisotopic (exact) mass is 268 g/mol. The number of benzene rings is 2. The first-order valence-electron chi connectivity index (χ1n) is 6.87. The summed E-state index contributed by atoms with van der Waals surface area (Å²) in [7, 11) is 0. The summed E-state index contributed by atoms with van der Waals surface area (Å²) < 4.78 is 0. The molecule has 20 heavy (non-hydrogen) atoms. The van der Waals surface area contributed by atoms with Crippen molar-refractivity contribution in [2.45, 2.75) is 20.3 Å². The van der Waals surface area contributed by atoms with Gasteiger partial charge in [0.25, 0.3) is 5.91 Å². The minimum atomic E-state index is 0.00264. The zero-order valence-corrected chi connectivity index (χ0v) is 12.0. The quantitative estimate of drug-likeness (QED) is 0.861. The van der Waals surface area contributed by atoms with Gasteiger partial charge in [0.15, 0.2) is 0 Å². The number of carbonyl (C=O) groups excluding carboxylic acids is 1. The van der Waals surface area contributed by atoms with Crippen molar-refractivity contribution in [1.29, 1.82) is 0 Å². The largest absolute Gasteiger partial charge is 0.397 e. The van der Waals surface area contributed by atoms with Crippen LogP contribution in [0.4, 0.5) is 11.4 Å². The molecule has 0 saturated carbocycles. The number of anilines is 2. The molecule has 0 heterocycles. The Bertz CT molecular complexity index is 607. The fraction of sp³-hybridized carbons (Fsp3) is 0.235. The molecule has 0 aliphatic heterocycles. The highest BCUT2D eigenvalue weighted by Crippen LogP contribution is 2.25. The molecule has 2 N–H and O–H groups in total. The highest BCUT2D eigenvalue weighted by atomic mass is 16.2. The molecule has 0 saturated heterocycles. The highest BCUT2D eigenvalue weighted by molar-refractivity contribution is 6.08. The number of rotatable bonds is 4. The van der Waals surface area contributed by atoms with E-state index in [-0.39, 0.29) is 5.91 Å². The topological polar surface area (TPSA) is 46.3 Å². The van der Waals surface area contributed by atoms with E-state index in [0.717, 1.165) is 23.2 Å². The summed E-state index contributed by atoms with van der Waals surface area (Å²) in [6, 6.07) is 15.1. The van der Waals surface area contributed by atoms with E-state index in [1.165, 1.54) is 0 Å². The summed E-state index contributed by atoms with van der Waals surface area (Å²) in [6.07, 6.45) is 0.881. The summed E-state index contributed by atoms with van der Waals surface area (Å²) in [6.45, 7) is 4.66. The molecule has 0 bridgehead atoms. The van der Waals surface area contributed by atoms with Crippen LogP contribution in [0.5, 0.6) is 0 Å². The molecular formula is C17H20N2O. The van der Waals surface area contributed by atoms with Gasteiger partial charge in [-0.3, -0.25) is 4.79 Å². The van der Waals surface area contributed by atoms with Crippen LogP contribution in [-0.4, -0.2) is 12.5 Å². The minimum absolute atomic E-state index is 0.00264. The Morgan fingerprint density at radius 2 is 1.75 bits per heavy atom. The number of hydrogen-bond donors (Lipinski definition) is 1. The third-order valence-corrected chi connectivity index (χ3v) is 3.30. The van der Waals surface area contributed by atoms with Crippen LogP contribution in [0.1, 0.15) is 29.3 Å². The molecule has 0 fully saturated rings. The fourth-order valence-electron chi connectivity index (χ4n) is 2.25. The maximum Gasteiger partial charge on any atom is 0.258 e. The van der Waals surface area contributed by atoms with E-state index in [1.54, 1.807) is 4.90 Å². The normalized spacial score (nSPS) is 10.3. The first-order valence-corrected chi connectivity index (χ1v) is 6.87. The Morgan fingerprint density at radius 1 is 1.10 bits per heavy atom. The smallest absolute Gasteiger partial charge is 0.258 e. The summed E-state index contributed by atoms with van der Waals surface area (Å²) in [5.41, 5.74) is 9.13. The lowest BCUT2D eigenvalue weighted by atomic mass is 10.1. The number of aryl methyl sites for hydroxylation is 1. The van der Waals surface area contributed by atoms with Crippen LogP contribution in [0.3, 0.4) is 0 Å². The minimum Gasteiger partial charge on any atom is -0.397 e. The molecule has 0 atom stereocenters. The molecule has 0 spiro atoms. The molecule has 3 nitrogen and oxygen atoms in total. The average Bonchev–Trinajstić information content (AvgIpc) is 2.46. The number of nitrogen functional groups attached to an aromatic ring is 1. The Balaban J connectivity index is 2.42. The van der Waals surface area contributed by atoms with Gasteiger partial charge in [0.1, 0.15) is 0 Å². The van der Waals surface area contributed by atoms with E-state index in [0.29, 0.717) is 12.2 Å². The second-order valence-corrected chi connectivity index (χ2v) is 4.83. The Kier molecular flexibility index (Phi) is 4.41. The second-order valence-electron chi connectivity index (χ2n) is 4.83. The third kappa shape index (κ3) is 2.82. The van der Waals surface area contributed by atoms with Crippen molar-refractivity contribution >= 4 is 17.3 Å². The van der Waals surface area contributed by atoms with Crippen LogP contribution in [-0.2, 0) is 0 Å². The summed E-state index contributed by atoms with van der Waals surface area (Å²) in [5, 5.41) is 0. The van der Waals surface area contributed by atoms with Crippen LogP contribution in [0.2, 0.25) is 0 Å². The van der Waals surface area contributed by atoms with E-state index < -0.39 is 0 Å². The summed E-state index contributed by atoms with van der Waals surface area (Å²) in [4.78, 5) is 14.5. The van der Waals surface area contributed by atoms with Gasteiger partial charge in [-0.05, 0) is 37.1 Å². The summed E-state index contributed by atoms with van der Waals surface area (Å²) >= 11 is 0. The van der Waals surface area contributed by atoms with Gasteiger partial charge in [0, 0.05) is 12.1 Å². The van der Waals surface area contributed by atoms with Gasteiger partial charge >= 0.3 is 0 Å². The van der Waals surface area contributed by atoms with Crippen LogP contribution in [0, 0.1) is 6.92 Å². The molecule has 0 radical (unpaired) electrons. The molecular weight excluding hydrogens is 248 g/mol. The first kappa shape index (κ1) is 14.1. The van der Waals surface area contributed by atoms with E-state index in [9.17, 15) is 4.79 Å². The Morgan fingerprint density at radius 3 is 2.40 bits per heavy atom. The van der Waals surface area contributed by atoms with Crippen LogP contribution >= 0.6 is 0 Å². The standard InChI is InChI=1S/C17H20N2O/c1-3-12-19(16-11-7-6-10-15(16)18)17(20)14-9-5-4-8-13(14)2/h4-11H,3,12,18H2,1-2H3. The van der Waals surface area contributed by atoms with E-state index in [1.807, 2.05) is 55.5 Å². The molecule has 3 heteroatoms. The van der Waals surface area contributed by atoms with Crippen molar-refractivity contribution in [1.82, 2.24) is 0 Å². The van der Waals surface area contributed by atoms with Crippen molar-refractivity contribution in [3.63, 3.8) is 0 Å². The van der Waals surface area contributed by atoms with Gasteiger partial charge in [-0.2, -0.15) is 0 Å². The first-order chi connectivity index (χ1) is 9.65. The maximum absolute atomic E-state index is 12.8. The van der Waals surface area contributed by atoms with Crippen LogP contribution in [0.15, 0.2) is 48.5 Å². The molecule has 1 amide bonds. The fourth-order valence-corrected chi connectivity index (χ4v) is 2.25. The molecule has 0 aliphatic rings. The number of amides is 1. The SMILES string of the molecule is CCCN(C(=O)c1ccccc1C)c1ccccc1N. The third-order valence-electron chi connectivity index (χ3n) is 3.30. The number of nitrogens with two attached hydrogens (primary N) is 1. The highest BCUT2D eigenvalue weighted by Gasteiger charge is 2.19. The van der Waals surface area contributed by atoms with Gasteiger partial charge in [0.05, 0.1) is 11.4 Å².